The third-order valence-electron chi connectivity index (χ3n) is 6.08. The minimum atomic E-state index is 0. The molecule has 4 unspecified atom stereocenters. The third kappa shape index (κ3) is 3.31. The summed E-state index contributed by atoms with van der Waals surface area (Å²) in [7, 11) is 0. The van der Waals surface area contributed by atoms with Crippen LogP contribution in [-0.2, 0) is 4.74 Å². The highest BCUT2D eigenvalue weighted by molar-refractivity contribution is 5.85. The zero-order valence-electron chi connectivity index (χ0n) is 13.0. The van der Waals surface area contributed by atoms with Gasteiger partial charge in [0.15, 0.2) is 0 Å². The van der Waals surface area contributed by atoms with Gasteiger partial charge in [0.2, 0.25) is 0 Å². The molecule has 4 heteroatoms. The molecule has 3 nitrogen and oxygen atoms in total. The maximum Gasteiger partial charge on any atom is 0.0594 e. The summed E-state index contributed by atoms with van der Waals surface area (Å²) in [5.41, 5.74) is 0. The molecule has 3 fully saturated rings. The zero-order valence-corrected chi connectivity index (χ0v) is 13.8. The molecule has 0 aromatic carbocycles. The van der Waals surface area contributed by atoms with Crippen molar-refractivity contribution >= 4 is 12.4 Å². The topological polar surface area (TPSA) is 15.7 Å². The van der Waals surface area contributed by atoms with Crippen molar-refractivity contribution in [2.45, 2.75) is 19.3 Å². The predicted molar refractivity (Wildman–Crippen MR) is 87.9 cm³/mol. The van der Waals surface area contributed by atoms with Gasteiger partial charge in [0.1, 0.15) is 0 Å². The Morgan fingerprint density at radius 2 is 1.43 bits per heavy atom. The minimum absolute atomic E-state index is 0. The van der Waals surface area contributed by atoms with E-state index in [0.29, 0.717) is 0 Å². The number of rotatable bonds is 4. The summed E-state index contributed by atoms with van der Waals surface area (Å²) in [5, 5.41) is 0. The summed E-state index contributed by atoms with van der Waals surface area (Å²) in [6.07, 6.45) is 9.33. The van der Waals surface area contributed by atoms with E-state index in [9.17, 15) is 0 Å². The largest absolute Gasteiger partial charge is 0.379 e. The van der Waals surface area contributed by atoms with Gasteiger partial charge in [-0.15, -0.1) is 12.4 Å². The summed E-state index contributed by atoms with van der Waals surface area (Å²) < 4.78 is 5.42. The lowest BCUT2D eigenvalue weighted by atomic mass is 9.64. The van der Waals surface area contributed by atoms with E-state index >= 15 is 0 Å². The molecule has 5 rings (SSSR count). The van der Waals surface area contributed by atoms with Crippen molar-refractivity contribution in [3.05, 3.63) is 12.2 Å². The molecule has 21 heavy (non-hydrogen) atoms. The fourth-order valence-corrected chi connectivity index (χ4v) is 4.95. The Labute approximate surface area is 135 Å². The highest BCUT2D eigenvalue weighted by Gasteiger charge is 2.45. The summed E-state index contributed by atoms with van der Waals surface area (Å²) in [5.74, 6) is 3.80. The van der Waals surface area contributed by atoms with Gasteiger partial charge in [0, 0.05) is 26.2 Å². The lowest BCUT2D eigenvalue weighted by molar-refractivity contribution is 0.0363. The molecule has 0 spiro atoms. The summed E-state index contributed by atoms with van der Waals surface area (Å²) in [4.78, 5) is 5.33. The first-order valence-electron chi connectivity index (χ1n) is 8.61. The molecule has 0 radical (unpaired) electrons. The van der Waals surface area contributed by atoms with Gasteiger partial charge in [-0.1, -0.05) is 12.2 Å². The van der Waals surface area contributed by atoms with Crippen molar-refractivity contribution < 1.29 is 4.74 Å². The second kappa shape index (κ2) is 6.99. The van der Waals surface area contributed by atoms with Crippen LogP contribution in [0.15, 0.2) is 12.2 Å². The Hall–Kier alpha value is -0.0900. The number of ether oxygens (including phenoxy) is 1. The Bertz CT molecular complexity index is 348. The SMILES string of the molecule is C1=CC2CCC1C1CN(CCCN3CCOCC3)CC21.Cl. The first-order valence-corrected chi connectivity index (χ1v) is 8.61. The molecule has 3 aliphatic carbocycles. The summed E-state index contributed by atoms with van der Waals surface area (Å²) >= 11 is 0. The quantitative estimate of drug-likeness (QED) is 0.741. The van der Waals surface area contributed by atoms with Gasteiger partial charge in [-0.25, -0.2) is 0 Å². The Kier molecular flexibility index (Phi) is 5.26. The average molecular weight is 313 g/mol. The average Bonchev–Trinajstić information content (AvgIpc) is 2.95. The number of nitrogens with zero attached hydrogens (tertiary/aromatic N) is 2. The van der Waals surface area contributed by atoms with E-state index in [0.717, 1.165) is 50.0 Å². The molecule has 1 saturated carbocycles. The smallest absolute Gasteiger partial charge is 0.0594 e. The van der Waals surface area contributed by atoms with Crippen LogP contribution in [0.5, 0.6) is 0 Å². The van der Waals surface area contributed by atoms with Crippen molar-refractivity contribution in [2.75, 3.05) is 52.5 Å². The molecule has 2 heterocycles. The first kappa shape index (κ1) is 15.8. The highest BCUT2D eigenvalue weighted by Crippen LogP contribution is 2.48. The fraction of sp³-hybridized carbons (Fsp3) is 0.882. The van der Waals surface area contributed by atoms with Gasteiger partial charge in [-0.05, 0) is 56.0 Å². The Morgan fingerprint density at radius 1 is 0.857 bits per heavy atom. The molecule has 2 bridgehead atoms. The third-order valence-corrected chi connectivity index (χ3v) is 6.08. The summed E-state index contributed by atoms with van der Waals surface area (Å²) in [6, 6.07) is 0. The van der Waals surface area contributed by atoms with Crippen LogP contribution < -0.4 is 0 Å². The molecule has 0 aromatic rings. The molecule has 2 saturated heterocycles. The van der Waals surface area contributed by atoms with E-state index in [1.165, 1.54) is 45.4 Å². The number of morpholine rings is 1. The normalized spacial score (nSPS) is 39.2. The van der Waals surface area contributed by atoms with E-state index in [2.05, 4.69) is 22.0 Å². The fourth-order valence-electron chi connectivity index (χ4n) is 4.95. The first-order chi connectivity index (χ1) is 9.90. The van der Waals surface area contributed by atoms with E-state index in [4.69, 9.17) is 4.74 Å². The van der Waals surface area contributed by atoms with Crippen LogP contribution in [0.1, 0.15) is 19.3 Å². The van der Waals surface area contributed by atoms with Crippen molar-refractivity contribution in [1.82, 2.24) is 9.80 Å². The van der Waals surface area contributed by atoms with Gasteiger partial charge in [-0.3, -0.25) is 4.90 Å². The minimum Gasteiger partial charge on any atom is -0.379 e. The van der Waals surface area contributed by atoms with Crippen molar-refractivity contribution in [3.63, 3.8) is 0 Å². The van der Waals surface area contributed by atoms with Crippen molar-refractivity contribution in [1.29, 1.82) is 0 Å². The number of allylic oxidation sites excluding steroid dienone is 2. The second-order valence-electron chi connectivity index (χ2n) is 7.18. The standard InChI is InChI=1S/C17H28N2O.ClH/c1(6-18-8-10-20-11-9-18)7-19-12-16-14-2-3-15(5-4-14)17(16)13-19;/h2-3,14-17H,1,4-13H2;1H. The number of hydrogen-bond acceptors (Lipinski definition) is 3. The second-order valence-corrected chi connectivity index (χ2v) is 7.18. The van der Waals surface area contributed by atoms with Crippen LogP contribution in [0.2, 0.25) is 0 Å². The van der Waals surface area contributed by atoms with Gasteiger partial charge in [0.25, 0.3) is 0 Å². The molecule has 0 aromatic heterocycles. The molecule has 5 aliphatic rings. The van der Waals surface area contributed by atoms with Gasteiger partial charge in [-0.2, -0.15) is 0 Å². The van der Waals surface area contributed by atoms with Crippen LogP contribution in [0, 0.1) is 23.7 Å². The Morgan fingerprint density at radius 3 is 2.00 bits per heavy atom. The van der Waals surface area contributed by atoms with Crippen LogP contribution in [0.3, 0.4) is 0 Å². The highest BCUT2D eigenvalue weighted by atomic mass is 35.5. The van der Waals surface area contributed by atoms with Crippen molar-refractivity contribution in [2.24, 2.45) is 23.7 Å². The maximum atomic E-state index is 5.42. The van der Waals surface area contributed by atoms with E-state index in [1.54, 1.807) is 0 Å². The van der Waals surface area contributed by atoms with Crippen molar-refractivity contribution in [3.8, 4) is 0 Å². The lowest BCUT2D eigenvalue weighted by Crippen LogP contribution is -2.38. The molecule has 0 N–H and O–H groups in total. The Balaban J connectivity index is 0.00000132. The lowest BCUT2D eigenvalue weighted by Gasteiger charge is -2.40. The molecule has 4 atom stereocenters. The molecule has 2 aliphatic heterocycles. The predicted octanol–water partition coefficient (Wildman–Crippen LogP) is 2.27. The number of likely N-dealkylation sites (tertiary alicyclic amines) is 1. The van der Waals surface area contributed by atoms with Gasteiger partial charge >= 0.3 is 0 Å². The molecular formula is C17H29ClN2O. The van der Waals surface area contributed by atoms with E-state index in [1.807, 2.05) is 0 Å². The number of halogens is 1. The molecule has 0 amide bonds. The van der Waals surface area contributed by atoms with Crippen LogP contribution in [0.4, 0.5) is 0 Å². The van der Waals surface area contributed by atoms with E-state index in [-0.39, 0.29) is 12.4 Å². The van der Waals surface area contributed by atoms with Gasteiger partial charge < -0.3 is 9.64 Å². The maximum absolute atomic E-state index is 5.42. The van der Waals surface area contributed by atoms with Gasteiger partial charge in [0.05, 0.1) is 13.2 Å². The monoisotopic (exact) mass is 312 g/mol. The molecular weight excluding hydrogens is 284 g/mol. The number of hydrogen-bond donors (Lipinski definition) is 0. The van der Waals surface area contributed by atoms with Crippen LogP contribution >= 0.6 is 12.4 Å². The van der Waals surface area contributed by atoms with Crippen LogP contribution in [-0.4, -0.2) is 62.3 Å². The zero-order chi connectivity index (χ0) is 13.4. The van der Waals surface area contributed by atoms with E-state index < -0.39 is 0 Å². The van der Waals surface area contributed by atoms with Crippen LogP contribution in [0.25, 0.3) is 0 Å². The number of fused-ring (bicyclic) bond motifs is 1. The molecule has 120 valence electrons. The summed E-state index contributed by atoms with van der Waals surface area (Å²) in [6.45, 7) is 9.47.